The molecule has 0 bridgehead atoms. The third-order valence-corrected chi connectivity index (χ3v) is 5.15. The van der Waals surface area contributed by atoms with Crippen molar-refractivity contribution in [2.75, 3.05) is 26.3 Å². The van der Waals surface area contributed by atoms with Crippen molar-refractivity contribution in [3.05, 3.63) is 64.7 Å². The molecule has 0 saturated carbocycles. The third-order valence-electron chi connectivity index (χ3n) is 4.84. The zero-order valence-corrected chi connectivity index (χ0v) is 16.8. The van der Waals surface area contributed by atoms with Gasteiger partial charge in [-0.25, -0.2) is 0 Å². The molecule has 9 heteroatoms. The topological polar surface area (TPSA) is 85.3 Å². The summed E-state index contributed by atoms with van der Waals surface area (Å²) in [5.41, 5.74) is 2.27. The third kappa shape index (κ3) is 4.44. The molecule has 4 rings (SSSR count). The minimum absolute atomic E-state index is 0.0535. The molecule has 1 atom stereocenters. The van der Waals surface area contributed by atoms with Crippen molar-refractivity contribution in [1.82, 2.24) is 24.9 Å². The average molecular weight is 416 g/mol. The smallest absolute Gasteiger partial charge is 0.272 e. The molecule has 1 aliphatic rings. The van der Waals surface area contributed by atoms with Gasteiger partial charge in [0, 0.05) is 31.9 Å². The van der Waals surface area contributed by atoms with Crippen molar-refractivity contribution in [1.29, 1.82) is 0 Å². The van der Waals surface area contributed by atoms with Crippen LogP contribution in [0.1, 0.15) is 28.0 Å². The minimum Gasteiger partial charge on any atom is -0.492 e. The first-order chi connectivity index (χ1) is 14.1. The first-order valence-corrected chi connectivity index (χ1v) is 9.80. The van der Waals surface area contributed by atoms with Gasteiger partial charge in [-0.05, 0) is 24.3 Å². The Hall–Kier alpha value is -2.84. The fourth-order valence-corrected chi connectivity index (χ4v) is 3.45. The summed E-state index contributed by atoms with van der Waals surface area (Å²) >= 11 is 6.10. The second-order valence-corrected chi connectivity index (χ2v) is 7.20. The van der Waals surface area contributed by atoms with Crippen LogP contribution in [-0.4, -0.2) is 57.1 Å². The van der Waals surface area contributed by atoms with E-state index in [9.17, 15) is 4.79 Å². The monoisotopic (exact) mass is 415 g/mol. The Labute approximate surface area is 173 Å². The average Bonchev–Trinajstić information content (AvgIpc) is 3.38. The quantitative estimate of drug-likeness (QED) is 0.669. The van der Waals surface area contributed by atoms with Gasteiger partial charge in [0.25, 0.3) is 5.91 Å². The first kappa shape index (κ1) is 19.5. The summed E-state index contributed by atoms with van der Waals surface area (Å²) in [6.45, 7) is 1.93. The summed E-state index contributed by atoms with van der Waals surface area (Å²) in [5, 5.41) is 12.1. The van der Waals surface area contributed by atoms with E-state index in [0.717, 1.165) is 11.4 Å². The Balaban J connectivity index is 1.34. The highest BCUT2D eigenvalue weighted by Crippen LogP contribution is 2.24. The first-order valence-electron chi connectivity index (χ1n) is 9.42. The second kappa shape index (κ2) is 8.67. The van der Waals surface area contributed by atoms with Crippen LogP contribution >= 0.6 is 11.6 Å². The number of para-hydroxylation sites is 1. The zero-order valence-electron chi connectivity index (χ0n) is 16.0. The number of carbonyl (C=O) groups is 1. The van der Waals surface area contributed by atoms with E-state index in [0.29, 0.717) is 49.2 Å². The molecule has 8 nitrogen and oxygen atoms in total. The van der Waals surface area contributed by atoms with Crippen LogP contribution in [0.15, 0.2) is 42.6 Å². The summed E-state index contributed by atoms with van der Waals surface area (Å²) in [7, 11) is 1.76. The largest absolute Gasteiger partial charge is 0.492 e. The lowest BCUT2D eigenvalue weighted by Gasteiger charge is -2.32. The molecule has 1 aliphatic heterocycles. The number of ether oxygens (including phenoxy) is 2. The maximum absolute atomic E-state index is 12.7. The number of hydrogen-bond acceptors (Lipinski definition) is 5. The predicted molar refractivity (Wildman–Crippen MR) is 107 cm³/mol. The van der Waals surface area contributed by atoms with E-state index in [1.54, 1.807) is 35.0 Å². The molecular weight excluding hydrogens is 394 g/mol. The molecule has 1 N–H and O–H groups in total. The van der Waals surface area contributed by atoms with Crippen molar-refractivity contribution in [2.45, 2.75) is 12.5 Å². The molecule has 0 radical (unpaired) electrons. The van der Waals surface area contributed by atoms with Gasteiger partial charge in [0.15, 0.2) is 0 Å². The highest BCUT2D eigenvalue weighted by atomic mass is 35.5. The van der Waals surface area contributed by atoms with Crippen molar-refractivity contribution in [3.63, 3.8) is 0 Å². The van der Waals surface area contributed by atoms with Crippen LogP contribution in [0.3, 0.4) is 0 Å². The molecule has 3 heterocycles. The number of amides is 1. The summed E-state index contributed by atoms with van der Waals surface area (Å²) in [6, 6.07) is 11.1. The number of aromatic nitrogens is 4. The lowest BCUT2D eigenvalue weighted by Crippen LogP contribution is -2.43. The van der Waals surface area contributed by atoms with Crippen molar-refractivity contribution < 1.29 is 14.3 Å². The Kier molecular flexibility index (Phi) is 5.82. The Bertz CT molecular complexity index is 986. The molecule has 29 heavy (non-hydrogen) atoms. The van der Waals surface area contributed by atoms with Crippen LogP contribution in [0, 0.1) is 0 Å². The van der Waals surface area contributed by atoms with E-state index >= 15 is 0 Å². The fourth-order valence-electron chi connectivity index (χ4n) is 3.26. The van der Waals surface area contributed by atoms with Gasteiger partial charge in [0.05, 0.1) is 30.5 Å². The van der Waals surface area contributed by atoms with E-state index in [-0.39, 0.29) is 12.0 Å². The zero-order chi connectivity index (χ0) is 20.2. The summed E-state index contributed by atoms with van der Waals surface area (Å²) < 4.78 is 13.2. The van der Waals surface area contributed by atoms with Crippen molar-refractivity contribution in [3.8, 4) is 5.75 Å². The van der Waals surface area contributed by atoms with Gasteiger partial charge in [-0.15, -0.1) is 0 Å². The molecule has 2 aromatic heterocycles. The number of morpholine rings is 1. The number of aromatic amines is 1. The summed E-state index contributed by atoms with van der Waals surface area (Å²) in [4.78, 5) is 14.5. The number of carbonyl (C=O) groups excluding carboxylic acids is 1. The van der Waals surface area contributed by atoms with Crippen LogP contribution in [-0.2, 0) is 18.2 Å². The number of nitrogens with zero attached hydrogens (tertiary/aromatic N) is 4. The van der Waals surface area contributed by atoms with E-state index in [4.69, 9.17) is 21.1 Å². The van der Waals surface area contributed by atoms with Crippen molar-refractivity contribution in [2.24, 2.45) is 7.05 Å². The van der Waals surface area contributed by atoms with Gasteiger partial charge in [-0.3, -0.25) is 14.6 Å². The number of hydrogen-bond donors (Lipinski definition) is 1. The van der Waals surface area contributed by atoms with Gasteiger partial charge in [-0.1, -0.05) is 23.7 Å². The maximum atomic E-state index is 12.7. The lowest BCUT2D eigenvalue weighted by atomic mass is 10.1. The van der Waals surface area contributed by atoms with Crippen LogP contribution in [0.4, 0.5) is 0 Å². The highest BCUT2D eigenvalue weighted by molar-refractivity contribution is 6.32. The molecule has 3 aromatic rings. The van der Waals surface area contributed by atoms with Gasteiger partial charge in [0.2, 0.25) is 0 Å². The molecule has 152 valence electrons. The van der Waals surface area contributed by atoms with Crippen LogP contribution in [0.25, 0.3) is 0 Å². The Morgan fingerprint density at radius 2 is 2.24 bits per heavy atom. The molecule has 1 aromatic carbocycles. The SMILES string of the molecule is Cn1nccc1C(=O)N1CCO[C@@H](c2cc(CCOc3ccccc3Cl)[nH]n2)C1. The van der Waals surface area contributed by atoms with E-state index in [1.807, 2.05) is 24.3 Å². The lowest BCUT2D eigenvalue weighted by molar-refractivity contribution is -0.0250. The summed E-state index contributed by atoms with van der Waals surface area (Å²) in [6.07, 6.45) is 2.01. The van der Waals surface area contributed by atoms with E-state index in [1.165, 1.54) is 0 Å². The van der Waals surface area contributed by atoms with Gasteiger partial charge in [0.1, 0.15) is 17.5 Å². The number of rotatable bonds is 6. The molecule has 0 spiro atoms. The Morgan fingerprint density at radius 1 is 1.38 bits per heavy atom. The van der Waals surface area contributed by atoms with Crippen LogP contribution in [0.2, 0.25) is 5.02 Å². The number of benzene rings is 1. The highest BCUT2D eigenvalue weighted by Gasteiger charge is 2.28. The standard InChI is InChI=1S/C20H22ClN5O3/c1-25-17(6-8-22-25)20(27)26-9-11-29-19(13-26)16-12-14(23-24-16)7-10-28-18-5-3-2-4-15(18)21/h2-6,8,12,19H,7,9-11,13H2,1H3,(H,23,24)/t19-/m1/s1. The molecule has 0 unspecified atom stereocenters. The molecule has 1 saturated heterocycles. The Morgan fingerprint density at radius 3 is 3.03 bits per heavy atom. The van der Waals surface area contributed by atoms with Gasteiger partial charge in [-0.2, -0.15) is 10.2 Å². The molecular formula is C20H22ClN5O3. The van der Waals surface area contributed by atoms with E-state index < -0.39 is 0 Å². The number of aryl methyl sites for hydroxylation is 1. The van der Waals surface area contributed by atoms with Gasteiger partial charge >= 0.3 is 0 Å². The number of H-pyrrole nitrogens is 1. The van der Waals surface area contributed by atoms with Crippen LogP contribution < -0.4 is 4.74 Å². The normalized spacial score (nSPS) is 16.8. The number of nitrogens with one attached hydrogen (secondary N) is 1. The van der Waals surface area contributed by atoms with E-state index in [2.05, 4.69) is 15.3 Å². The maximum Gasteiger partial charge on any atom is 0.272 e. The number of halogens is 1. The fraction of sp³-hybridized carbons (Fsp3) is 0.350. The predicted octanol–water partition coefficient (Wildman–Crippen LogP) is 2.63. The summed E-state index contributed by atoms with van der Waals surface area (Å²) in [5.74, 6) is 0.607. The molecule has 1 fully saturated rings. The molecule has 0 aliphatic carbocycles. The molecule has 1 amide bonds. The van der Waals surface area contributed by atoms with Gasteiger partial charge < -0.3 is 14.4 Å². The minimum atomic E-state index is -0.268. The van der Waals surface area contributed by atoms with Crippen molar-refractivity contribution >= 4 is 17.5 Å². The second-order valence-electron chi connectivity index (χ2n) is 6.80. The van der Waals surface area contributed by atoms with Crippen LogP contribution in [0.5, 0.6) is 5.75 Å².